The van der Waals surface area contributed by atoms with Gasteiger partial charge in [0.15, 0.2) is 11.6 Å². The van der Waals surface area contributed by atoms with Gasteiger partial charge in [0, 0.05) is 18.6 Å². The van der Waals surface area contributed by atoms with Crippen LogP contribution < -0.4 is 10.1 Å². The van der Waals surface area contributed by atoms with Gasteiger partial charge in [0.25, 0.3) is 0 Å². The number of halogens is 2. The van der Waals surface area contributed by atoms with Gasteiger partial charge in [-0.25, -0.2) is 9.37 Å². The van der Waals surface area contributed by atoms with Crippen LogP contribution >= 0.6 is 15.9 Å². The number of carbonyl (C=O) groups excluding carboxylic acids is 1. The zero-order valence-electron chi connectivity index (χ0n) is 13.7. The number of nitrogens with zero attached hydrogens (tertiary/aromatic N) is 2. The van der Waals surface area contributed by atoms with Crippen molar-refractivity contribution in [1.82, 2.24) is 9.97 Å². The van der Waals surface area contributed by atoms with Gasteiger partial charge >= 0.3 is 0 Å². The third-order valence-corrected chi connectivity index (χ3v) is 4.13. The minimum atomic E-state index is -0.370. The number of hydrogen-bond acceptors (Lipinski definition) is 4. The van der Waals surface area contributed by atoms with Gasteiger partial charge in [-0.05, 0) is 63.5 Å². The molecule has 0 spiro atoms. The van der Waals surface area contributed by atoms with Crippen molar-refractivity contribution in [2.24, 2.45) is 0 Å². The molecular weight excluding hydrogens is 401 g/mol. The monoisotopic (exact) mass is 415 g/mol. The normalized spacial score (nSPS) is 10.4. The van der Waals surface area contributed by atoms with E-state index in [1.54, 1.807) is 42.9 Å². The zero-order valence-corrected chi connectivity index (χ0v) is 15.2. The Bertz CT molecular complexity index is 906. The minimum absolute atomic E-state index is 0.0965. The molecular formula is C19H15BrFN3O2. The first-order valence-corrected chi connectivity index (χ1v) is 8.61. The number of ether oxygens (including phenoxy) is 1. The Hall–Kier alpha value is -2.80. The molecule has 0 radical (unpaired) electrons. The molecule has 0 atom stereocenters. The van der Waals surface area contributed by atoms with Crippen molar-refractivity contribution in [3.63, 3.8) is 0 Å². The molecule has 1 N–H and O–H groups in total. The van der Waals surface area contributed by atoms with E-state index in [1.807, 2.05) is 12.1 Å². The average Bonchev–Trinajstić information content (AvgIpc) is 2.65. The Morgan fingerprint density at radius 2 is 1.92 bits per heavy atom. The van der Waals surface area contributed by atoms with Crippen molar-refractivity contribution in [1.29, 1.82) is 0 Å². The van der Waals surface area contributed by atoms with E-state index in [1.165, 1.54) is 6.07 Å². The van der Waals surface area contributed by atoms with Crippen LogP contribution in [-0.4, -0.2) is 15.9 Å². The Labute approximate surface area is 158 Å². The van der Waals surface area contributed by atoms with E-state index >= 15 is 0 Å². The highest BCUT2D eigenvalue weighted by atomic mass is 79.9. The highest BCUT2D eigenvalue weighted by Crippen LogP contribution is 2.23. The molecule has 3 aromatic rings. The summed E-state index contributed by atoms with van der Waals surface area (Å²) >= 11 is 3.11. The standard InChI is InChI=1S/C19H15BrFN3O2/c20-15-10-14(3-4-16(15)21)11-18(25)24-19-17(2-1-7-23-19)26-12-13-5-8-22-9-6-13/h1-10H,11-12H2,(H,23,24,25). The molecule has 0 aliphatic heterocycles. The molecule has 0 aliphatic carbocycles. The van der Waals surface area contributed by atoms with E-state index < -0.39 is 0 Å². The number of hydrogen-bond donors (Lipinski definition) is 1. The summed E-state index contributed by atoms with van der Waals surface area (Å²) in [5.41, 5.74) is 1.64. The number of rotatable bonds is 6. The molecule has 0 aliphatic rings. The maximum absolute atomic E-state index is 13.3. The molecule has 2 aromatic heterocycles. The van der Waals surface area contributed by atoms with Gasteiger partial charge in [0.05, 0.1) is 10.9 Å². The van der Waals surface area contributed by atoms with E-state index in [0.717, 1.165) is 5.56 Å². The van der Waals surface area contributed by atoms with Crippen molar-refractivity contribution in [3.05, 3.63) is 82.5 Å². The van der Waals surface area contributed by atoms with Crippen LogP contribution in [-0.2, 0) is 17.8 Å². The second-order valence-corrected chi connectivity index (χ2v) is 6.32. The van der Waals surface area contributed by atoms with Crippen molar-refractivity contribution >= 4 is 27.7 Å². The first-order valence-electron chi connectivity index (χ1n) is 7.82. The summed E-state index contributed by atoms with van der Waals surface area (Å²) < 4.78 is 19.4. The SMILES string of the molecule is O=C(Cc1ccc(F)c(Br)c1)Nc1ncccc1OCc1ccncc1. The van der Waals surface area contributed by atoms with Gasteiger partial charge in [0.2, 0.25) is 5.91 Å². The molecule has 0 unspecified atom stereocenters. The molecule has 1 amide bonds. The van der Waals surface area contributed by atoms with Crippen LogP contribution in [0.4, 0.5) is 10.2 Å². The van der Waals surface area contributed by atoms with Gasteiger partial charge in [-0.2, -0.15) is 0 Å². The molecule has 0 saturated carbocycles. The topological polar surface area (TPSA) is 64.1 Å². The molecule has 2 heterocycles. The summed E-state index contributed by atoms with van der Waals surface area (Å²) in [7, 11) is 0. The quantitative estimate of drug-likeness (QED) is 0.656. The smallest absolute Gasteiger partial charge is 0.230 e. The number of aromatic nitrogens is 2. The van der Waals surface area contributed by atoms with Crippen molar-refractivity contribution in [2.75, 3.05) is 5.32 Å². The Balaban J connectivity index is 1.65. The maximum Gasteiger partial charge on any atom is 0.230 e. The number of carbonyl (C=O) groups is 1. The van der Waals surface area contributed by atoms with Crippen LogP contribution in [0.15, 0.2) is 65.5 Å². The van der Waals surface area contributed by atoms with Crippen molar-refractivity contribution in [2.45, 2.75) is 13.0 Å². The maximum atomic E-state index is 13.3. The molecule has 0 bridgehead atoms. The molecule has 0 saturated heterocycles. The number of amides is 1. The molecule has 1 aromatic carbocycles. The highest BCUT2D eigenvalue weighted by Gasteiger charge is 2.11. The van der Waals surface area contributed by atoms with E-state index in [-0.39, 0.29) is 18.1 Å². The summed E-state index contributed by atoms with van der Waals surface area (Å²) in [6, 6.07) is 11.6. The van der Waals surface area contributed by atoms with Crippen LogP contribution in [0, 0.1) is 5.82 Å². The first kappa shape index (κ1) is 18.0. The molecule has 5 nitrogen and oxygen atoms in total. The summed E-state index contributed by atoms with van der Waals surface area (Å²) in [5, 5.41) is 2.73. The lowest BCUT2D eigenvalue weighted by atomic mass is 10.1. The lowest BCUT2D eigenvalue weighted by Gasteiger charge is -2.11. The summed E-state index contributed by atoms with van der Waals surface area (Å²) in [5.74, 6) is 0.173. The second kappa shape index (κ2) is 8.53. The molecule has 26 heavy (non-hydrogen) atoms. The lowest BCUT2D eigenvalue weighted by molar-refractivity contribution is -0.115. The van der Waals surface area contributed by atoms with Gasteiger partial charge in [0.1, 0.15) is 12.4 Å². The summed E-state index contributed by atoms with van der Waals surface area (Å²) in [4.78, 5) is 20.4. The zero-order chi connectivity index (χ0) is 18.4. The summed E-state index contributed by atoms with van der Waals surface area (Å²) in [6.45, 7) is 0.335. The van der Waals surface area contributed by atoms with E-state index in [4.69, 9.17) is 4.74 Å². The first-order chi connectivity index (χ1) is 12.6. The van der Waals surface area contributed by atoms with E-state index in [0.29, 0.717) is 28.2 Å². The number of pyridine rings is 2. The highest BCUT2D eigenvalue weighted by molar-refractivity contribution is 9.10. The van der Waals surface area contributed by atoms with Gasteiger partial charge < -0.3 is 10.1 Å². The lowest BCUT2D eigenvalue weighted by Crippen LogP contribution is -2.16. The van der Waals surface area contributed by atoms with Crippen molar-refractivity contribution in [3.8, 4) is 5.75 Å². The molecule has 7 heteroatoms. The third-order valence-electron chi connectivity index (χ3n) is 3.52. The Morgan fingerprint density at radius 3 is 2.69 bits per heavy atom. The van der Waals surface area contributed by atoms with Crippen LogP contribution in [0.25, 0.3) is 0 Å². The van der Waals surface area contributed by atoms with Crippen LogP contribution in [0.1, 0.15) is 11.1 Å². The molecule has 3 rings (SSSR count). The average molecular weight is 416 g/mol. The fourth-order valence-corrected chi connectivity index (χ4v) is 2.68. The van der Waals surface area contributed by atoms with E-state index in [9.17, 15) is 9.18 Å². The van der Waals surface area contributed by atoms with Gasteiger partial charge in [-0.3, -0.25) is 9.78 Å². The van der Waals surface area contributed by atoms with Crippen LogP contribution in [0.3, 0.4) is 0 Å². The van der Waals surface area contributed by atoms with Crippen molar-refractivity contribution < 1.29 is 13.9 Å². The molecule has 0 fully saturated rings. The number of nitrogens with one attached hydrogen (secondary N) is 1. The number of benzene rings is 1. The fraction of sp³-hybridized carbons (Fsp3) is 0.105. The predicted molar refractivity (Wildman–Crippen MR) is 99.2 cm³/mol. The Kier molecular flexibility index (Phi) is 5.91. The third kappa shape index (κ3) is 4.86. The van der Waals surface area contributed by atoms with Gasteiger partial charge in [-0.15, -0.1) is 0 Å². The molecule has 132 valence electrons. The second-order valence-electron chi connectivity index (χ2n) is 5.47. The van der Waals surface area contributed by atoms with Crippen LogP contribution in [0.5, 0.6) is 5.75 Å². The van der Waals surface area contributed by atoms with Crippen LogP contribution in [0.2, 0.25) is 0 Å². The fourth-order valence-electron chi connectivity index (χ4n) is 2.25. The predicted octanol–water partition coefficient (Wildman–Crippen LogP) is 4.14. The summed E-state index contributed by atoms with van der Waals surface area (Å²) in [6.07, 6.45) is 5.04. The Morgan fingerprint density at radius 1 is 1.12 bits per heavy atom. The largest absolute Gasteiger partial charge is 0.485 e. The van der Waals surface area contributed by atoms with Gasteiger partial charge in [-0.1, -0.05) is 6.07 Å². The minimum Gasteiger partial charge on any atom is -0.485 e. The number of anilines is 1. The van der Waals surface area contributed by atoms with E-state index in [2.05, 4.69) is 31.2 Å².